The number of likely N-dealkylation sites (tertiary alicyclic amines) is 1. The first-order chi connectivity index (χ1) is 20.4. The molecule has 4 N–H and O–H groups in total. The van der Waals surface area contributed by atoms with Crippen molar-refractivity contribution in [3.05, 3.63) is 76.2 Å². The molecule has 0 aliphatic carbocycles. The fourth-order valence-corrected chi connectivity index (χ4v) is 5.55. The molecule has 0 bridgehead atoms. The van der Waals surface area contributed by atoms with Crippen molar-refractivity contribution in [2.45, 2.75) is 45.3 Å². The molecule has 43 heavy (non-hydrogen) atoms. The second-order valence-electron chi connectivity index (χ2n) is 11.3. The maximum absolute atomic E-state index is 13.8. The number of carbonyl (C=O) groups is 3. The Labute approximate surface area is 258 Å². The number of urea groups is 1. The summed E-state index contributed by atoms with van der Waals surface area (Å²) in [6, 6.07) is 10.7. The molecule has 13 heteroatoms. The molecular weight excluding hydrogens is 593 g/mol. The van der Waals surface area contributed by atoms with E-state index in [1.165, 1.54) is 6.33 Å². The molecule has 0 atom stereocenters. The van der Waals surface area contributed by atoms with E-state index < -0.39 is 11.6 Å². The van der Waals surface area contributed by atoms with Crippen LogP contribution in [0.2, 0.25) is 10.0 Å². The van der Waals surface area contributed by atoms with E-state index >= 15 is 0 Å². The number of aromatic nitrogens is 3. The quantitative estimate of drug-likeness (QED) is 0.208. The second-order valence-corrected chi connectivity index (χ2v) is 12.1. The van der Waals surface area contributed by atoms with E-state index in [-0.39, 0.29) is 23.7 Å². The monoisotopic (exact) mass is 623 g/mol. The molecule has 3 heterocycles. The van der Waals surface area contributed by atoms with Crippen LogP contribution in [0.3, 0.4) is 0 Å². The summed E-state index contributed by atoms with van der Waals surface area (Å²) in [6.45, 7) is 6.51. The Balaban J connectivity index is 1.35. The summed E-state index contributed by atoms with van der Waals surface area (Å²) in [6.07, 6.45) is 4.07. The van der Waals surface area contributed by atoms with Gasteiger partial charge in [0.05, 0.1) is 10.9 Å². The van der Waals surface area contributed by atoms with Gasteiger partial charge in [0.1, 0.15) is 23.4 Å². The van der Waals surface area contributed by atoms with E-state index in [4.69, 9.17) is 33.7 Å². The Morgan fingerprint density at radius 2 is 1.65 bits per heavy atom. The fourth-order valence-electron chi connectivity index (χ4n) is 5.03. The number of carbonyl (C=O) groups excluding carboxylic acids is 3. The minimum Gasteiger partial charge on any atom is -0.444 e. The highest BCUT2D eigenvalue weighted by Gasteiger charge is 2.30. The lowest BCUT2D eigenvalue weighted by Gasteiger charge is -2.34. The number of nitrogens with zero attached hydrogens (tertiary/aromatic N) is 4. The number of halogens is 2. The molecule has 224 valence electrons. The van der Waals surface area contributed by atoms with Gasteiger partial charge in [-0.05, 0) is 63.9 Å². The fraction of sp³-hybridized carbons (Fsp3) is 0.300. The second kappa shape index (κ2) is 12.1. The molecule has 3 amide bonds. The standard InChI is InChI=1S/C30H31Cl2N7O4/c1-30(2,3)43-29(42)38-9-7-22(8-10-38)39-15-23(24-26(33)34-16-35-27(24)39)25(40)17-5-4-6-20(11-17)36-28(41)37-21-13-18(31)12-19(32)14-21/h4-6,11-16,22H,7-10H2,1-3H3,(H2,33,34,35)(H2,36,37,41). The maximum Gasteiger partial charge on any atom is 0.410 e. The third-order valence-electron chi connectivity index (χ3n) is 6.90. The van der Waals surface area contributed by atoms with Gasteiger partial charge in [-0.25, -0.2) is 19.6 Å². The summed E-state index contributed by atoms with van der Waals surface area (Å²) in [5.74, 6) is -0.116. The van der Waals surface area contributed by atoms with Crippen LogP contribution in [0.1, 0.15) is 55.6 Å². The average Bonchev–Trinajstić information content (AvgIpc) is 3.32. The van der Waals surface area contributed by atoms with Gasteiger partial charge in [0.2, 0.25) is 0 Å². The van der Waals surface area contributed by atoms with Crippen molar-refractivity contribution in [3.63, 3.8) is 0 Å². The number of ether oxygens (including phenoxy) is 1. The Hall–Kier alpha value is -4.35. The van der Waals surface area contributed by atoms with Crippen LogP contribution < -0.4 is 16.4 Å². The molecule has 2 aromatic heterocycles. The number of benzene rings is 2. The van der Waals surface area contributed by atoms with Gasteiger partial charge in [0, 0.05) is 52.3 Å². The Morgan fingerprint density at radius 1 is 0.977 bits per heavy atom. The van der Waals surface area contributed by atoms with E-state index in [1.54, 1.807) is 53.6 Å². The van der Waals surface area contributed by atoms with E-state index in [9.17, 15) is 14.4 Å². The van der Waals surface area contributed by atoms with Crippen LogP contribution in [0.25, 0.3) is 11.0 Å². The van der Waals surface area contributed by atoms with Crippen LogP contribution >= 0.6 is 23.2 Å². The van der Waals surface area contributed by atoms with Gasteiger partial charge in [0.25, 0.3) is 0 Å². The number of hydrogen-bond donors (Lipinski definition) is 3. The number of rotatable bonds is 5. The molecule has 0 spiro atoms. The normalized spacial score (nSPS) is 14.0. The van der Waals surface area contributed by atoms with Crippen molar-refractivity contribution >= 4 is 69.3 Å². The van der Waals surface area contributed by atoms with Gasteiger partial charge < -0.3 is 30.6 Å². The summed E-state index contributed by atoms with van der Waals surface area (Å²) < 4.78 is 7.46. The third kappa shape index (κ3) is 7.00. The van der Waals surface area contributed by atoms with Crippen LogP contribution in [-0.4, -0.2) is 56.0 Å². The van der Waals surface area contributed by atoms with Gasteiger partial charge in [0.15, 0.2) is 5.78 Å². The molecule has 1 aliphatic rings. The van der Waals surface area contributed by atoms with Crippen LogP contribution in [0.5, 0.6) is 0 Å². The summed E-state index contributed by atoms with van der Waals surface area (Å²) in [7, 11) is 0. The first-order valence-electron chi connectivity index (χ1n) is 13.7. The van der Waals surface area contributed by atoms with Crippen LogP contribution in [-0.2, 0) is 4.74 Å². The predicted molar refractivity (Wildman–Crippen MR) is 167 cm³/mol. The van der Waals surface area contributed by atoms with Crippen LogP contribution in [0, 0.1) is 0 Å². The maximum atomic E-state index is 13.8. The molecule has 0 saturated carbocycles. The minimum atomic E-state index is -0.574. The molecule has 0 unspecified atom stereocenters. The highest BCUT2D eigenvalue weighted by atomic mass is 35.5. The lowest BCUT2D eigenvalue weighted by Crippen LogP contribution is -2.42. The van der Waals surface area contributed by atoms with Gasteiger partial charge >= 0.3 is 12.1 Å². The zero-order valence-electron chi connectivity index (χ0n) is 23.9. The number of nitrogens with two attached hydrogens (primary N) is 1. The number of amides is 3. The summed E-state index contributed by atoms with van der Waals surface area (Å²) >= 11 is 12.0. The lowest BCUT2D eigenvalue weighted by molar-refractivity contribution is 0.0189. The molecule has 4 aromatic rings. The molecule has 5 rings (SSSR count). The van der Waals surface area contributed by atoms with Crippen LogP contribution in [0.4, 0.5) is 26.8 Å². The number of ketones is 1. The Bertz CT molecular complexity index is 1690. The molecule has 1 aliphatic heterocycles. The molecule has 1 fully saturated rings. The zero-order chi connectivity index (χ0) is 30.9. The van der Waals surface area contributed by atoms with E-state index in [1.807, 2.05) is 25.3 Å². The lowest BCUT2D eigenvalue weighted by atomic mass is 10.0. The topological polar surface area (TPSA) is 144 Å². The molecule has 1 saturated heterocycles. The summed E-state index contributed by atoms with van der Waals surface area (Å²) in [5, 5.41) is 6.61. The van der Waals surface area contributed by atoms with Crippen molar-refractivity contribution in [1.29, 1.82) is 0 Å². The first-order valence-corrected chi connectivity index (χ1v) is 14.4. The average molecular weight is 625 g/mol. The minimum absolute atomic E-state index is 0.0197. The van der Waals surface area contributed by atoms with Gasteiger partial charge in [-0.2, -0.15) is 0 Å². The van der Waals surface area contributed by atoms with Crippen molar-refractivity contribution < 1.29 is 19.1 Å². The SMILES string of the molecule is CC(C)(C)OC(=O)N1CCC(n2cc(C(=O)c3cccc(NC(=O)Nc4cc(Cl)cc(Cl)c4)c3)c3c(N)ncnc32)CC1. The molecule has 11 nitrogen and oxygen atoms in total. The van der Waals surface area contributed by atoms with E-state index in [0.717, 1.165) is 0 Å². The molecular formula is C30H31Cl2N7O4. The van der Waals surface area contributed by atoms with Crippen molar-refractivity contribution in [1.82, 2.24) is 19.4 Å². The Kier molecular flexibility index (Phi) is 8.48. The van der Waals surface area contributed by atoms with E-state index in [2.05, 4.69) is 20.6 Å². The van der Waals surface area contributed by atoms with Crippen molar-refractivity contribution in [2.75, 3.05) is 29.5 Å². The molecule has 2 aromatic carbocycles. The van der Waals surface area contributed by atoms with Crippen LogP contribution in [0.15, 0.2) is 55.0 Å². The highest BCUT2D eigenvalue weighted by Crippen LogP contribution is 2.33. The number of piperidine rings is 1. The van der Waals surface area contributed by atoms with Gasteiger partial charge in [-0.1, -0.05) is 35.3 Å². The predicted octanol–water partition coefficient (Wildman–Crippen LogP) is 6.77. The summed E-state index contributed by atoms with van der Waals surface area (Å²) in [4.78, 5) is 49.3. The van der Waals surface area contributed by atoms with Crippen molar-refractivity contribution in [3.8, 4) is 0 Å². The van der Waals surface area contributed by atoms with Crippen molar-refractivity contribution in [2.24, 2.45) is 0 Å². The zero-order valence-corrected chi connectivity index (χ0v) is 25.4. The molecule has 0 radical (unpaired) electrons. The smallest absolute Gasteiger partial charge is 0.410 e. The number of nitrogens with one attached hydrogen (secondary N) is 2. The Morgan fingerprint density at radius 3 is 2.33 bits per heavy atom. The summed E-state index contributed by atoms with van der Waals surface area (Å²) in [5.41, 5.74) is 7.73. The number of fused-ring (bicyclic) bond motifs is 1. The first kappa shape index (κ1) is 30.1. The van der Waals surface area contributed by atoms with E-state index in [0.29, 0.717) is 69.5 Å². The number of anilines is 3. The number of nitrogen functional groups attached to an aromatic ring is 1. The number of hydrogen-bond acceptors (Lipinski definition) is 7. The van der Waals surface area contributed by atoms with Gasteiger partial charge in [-0.3, -0.25) is 4.79 Å². The van der Waals surface area contributed by atoms with Gasteiger partial charge in [-0.15, -0.1) is 0 Å². The largest absolute Gasteiger partial charge is 0.444 e. The third-order valence-corrected chi connectivity index (χ3v) is 7.33. The highest BCUT2D eigenvalue weighted by molar-refractivity contribution is 6.35.